The maximum atomic E-state index is 13.9. The number of phenols is 1. The van der Waals surface area contributed by atoms with E-state index in [9.17, 15) is 24.3 Å². The Bertz CT molecular complexity index is 949. The molecule has 0 saturated carbocycles. The van der Waals surface area contributed by atoms with Gasteiger partial charge in [0, 0.05) is 12.1 Å². The fraction of sp³-hybridized carbons (Fsp3) is 0.615. The van der Waals surface area contributed by atoms with Gasteiger partial charge in [-0.05, 0) is 78.1 Å². The number of aromatic hydroxyl groups is 1. The summed E-state index contributed by atoms with van der Waals surface area (Å²) < 4.78 is 5.27. The molecule has 2 unspecified atom stereocenters. The third-order valence-corrected chi connectivity index (χ3v) is 5.23. The van der Waals surface area contributed by atoms with E-state index in [4.69, 9.17) is 10.5 Å². The second kappa shape index (κ2) is 12.6. The van der Waals surface area contributed by atoms with Gasteiger partial charge in [0.25, 0.3) is 0 Å². The molecule has 202 valence electrons. The van der Waals surface area contributed by atoms with Crippen molar-refractivity contribution >= 4 is 23.8 Å². The molecule has 1 rings (SSSR count). The number of primary amides is 1. The van der Waals surface area contributed by atoms with E-state index in [1.807, 2.05) is 6.92 Å². The number of hydrogen-bond acceptors (Lipinski definition) is 6. The summed E-state index contributed by atoms with van der Waals surface area (Å²) in [6.07, 6.45) is 0.247. The Balaban J connectivity index is 3.58. The van der Waals surface area contributed by atoms with E-state index in [2.05, 4.69) is 10.6 Å². The molecule has 0 spiro atoms. The van der Waals surface area contributed by atoms with Gasteiger partial charge in [0.15, 0.2) is 0 Å². The van der Waals surface area contributed by atoms with Crippen molar-refractivity contribution in [3.8, 4) is 5.75 Å². The average Bonchev–Trinajstić information content (AvgIpc) is 2.70. The van der Waals surface area contributed by atoms with Crippen LogP contribution in [0.15, 0.2) is 18.2 Å². The molecule has 0 aliphatic heterocycles. The lowest BCUT2D eigenvalue weighted by molar-refractivity contribution is -0.149. The molecule has 2 atom stereocenters. The lowest BCUT2D eigenvalue weighted by atomic mass is 9.94. The summed E-state index contributed by atoms with van der Waals surface area (Å²) in [4.78, 5) is 53.1. The molecular weight excluding hydrogens is 464 g/mol. The van der Waals surface area contributed by atoms with Crippen molar-refractivity contribution in [1.82, 2.24) is 15.5 Å². The summed E-state index contributed by atoms with van der Waals surface area (Å²) in [5, 5.41) is 15.4. The number of nitrogens with zero attached hydrogens (tertiary/aromatic N) is 1. The van der Waals surface area contributed by atoms with E-state index in [1.165, 1.54) is 11.0 Å². The quantitative estimate of drug-likeness (QED) is 0.358. The van der Waals surface area contributed by atoms with Gasteiger partial charge in [-0.3, -0.25) is 14.4 Å². The summed E-state index contributed by atoms with van der Waals surface area (Å²) in [6.45, 7) is 14.4. The molecule has 0 aromatic heterocycles. The Labute approximate surface area is 213 Å². The number of nitrogens with one attached hydrogen (secondary N) is 2. The molecule has 36 heavy (non-hydrogen) atoms. The molecule has 0 heterocycles. The van der Waals surface area contributed by atoms with Crippen LogP contribution in [0, 0.1) is 6.92 Å². The minimum Gasteiger partial charge on any atom is -0.508 e. The highest BCUT2D eigenvalue weighted by atomic mass is 16.6. The van der Waals surface area contributed by atoms with Crippen LogP contribution in [0.25, 0.3) is 0 Å². The van der Waals surface area contributed by atoms with E-state index in [-0.39, 0.29) is 5.75 Å². The summed E-state index contributed by atoms with van der Waals surface area (Å²) >= 11 is 0. The summed E-state index contributed by atoms with van der Waals surface area (Å²) in [5.74, 6) is -1.85. The largest absolute Gasteiger partial charge is 0.508 e. The Kier molecular flexibility index (Phi) is 10.8. The van der Waals surface area contributed by atoms with E-state index in [0.29, 0.717) is 17.7 Å². The number of unbranched alkanes of at least 4 members (excludes halogenated alkanes) is 1. The molecule has 0 aliphatic rings. The van der Waals surface area contributed by atoms with Crippen LogP contribution in [0.4, 0.5) is 4.79 Å². The van der Waals surface area contributed by atoms with Crippen LogP contribution < -0.4 is 16.4 Å². The minimum atomic E-state index is -1.36. The van der Waals surface area contributed by atoms with Crippen LogP contribution in [-0.4, -0.2) is 57.5 Å². The third-order valence-electron chi connectivity index (χ3n) is 5.23. The van der Waals surface area contributed by atoms with E-state index in [1.54, 1.807) is 60.6 Å². The van der Waals surface area contributed by atoms with Crippen LogP contribution >= 0.6 is 0 Å². The first kappa shape index (κ1) is 30.7. The number of nitrogens with two attached hydrogens (primary N) is 1. The van der Waals surface area contributed by atoms with Gasteiger partial charge >= 0.3 is 6.09 Å². The first-order chi connectivity index (χ1) is 16.5. The molecule has 0 saturated heterocycles. The van der Waals surface area contributed by atoms with Crippen LogP contribution in [0.3, 0.4) is 0 Å². The Morgan fingerprint density at radius 1 is 1.11 bits per heavy atom. The Morgan fingerprint density at radius 2 is 1.72 bits per heavy atom. The van der Waals surface area contributed by atoms with Gasteiger partial charge in [0.1, 0.15) is 23.4 Å². The van der Waals surface area contributed by atoms with E-state index < -0.39 is 53.5 Å². The maximum Gasteiger partial charge on any atom is 0.408 e. The van der Waals surface area contributed by atoms with Gasteiger partial charge in [-0.1, -0.05) is 19.4 Å². The zero-order chi connectivity index (χ0) is 27.8. The van der Waals surface area contributed by atoms with Gasteiger partial charge in [-0.15, -0.1) is 0 Å². The summed E-state index contributed by atoms with van der Waals surface area (Å²) in [6, 6.07) is 2.20. The molecule has 5 N–H and O–H groups in total. The predicted octanol–water partition coefficient (Wildman–Crippen LogP) is 3.05. The molecule has 1 aromatic rings. The number of amides is 4. The van der Waals surface area contributed by atoms with Crippen molar-refractivity contribution < 1.29 is 29.0 Å². The van der Waals surface area contributed by atoms with Crippen LogP contribution in [-0.2, 0) is 19.1 Å². The average molecular weight is 507 g/mol. The molecule has 10 nitrogen and oxygen atoms in total. The highest BCUT2D eigenvalue weighted by molar-refractivity contribution is 5.95. The van der Waals surface area contributed by atoms with Crippen molar-refractivity contribution in [3.63, 3.8) is 0 Å². The van der Waals surface area contributed by atoms with Crippen LogP contribution in [0.1, 0.15) is 84.9 Å². The lowest BCUT2D eigenvalue weighted by Gasteiger charge is -2.43. The van der Waals surface area contributed by atoms with Gasteiger partial charge in [-0.2, -0.15) is 0 Å². The van der Waals surface area contributed by atoms with E-state index >= 15 is 0 Å². The second-order valence-corrected chi connectivity index (χ2v) is 10.8. The monoisotopic (exact) mass is 506 g/mol. The highest BCUT2D eigenvalue weighted by Crippen LogP contribution is 2.32. The number of rotatable bonds is 10. The van der Waals surface area contributed by atoms with E-state index in [0.717, 1.165) is 12.8 Å². The van der Waals surface area contributed by atoms with Crippen LogP contribution in [0.5, 0.6) is 5.75 Å². The van der Waals surface area contributed by atoms with Gasteiger partial charge in [-0.25, -0.2) is 4.79 Å². The zero-order valence-electron chi connectivity index (χ0n) is 22.7. The second-order valence-electron chi connectivity index (χ2n) is 10.8. The lowest BCUT2D eigenvalue weighted by Crippen LogP contribution is -2.59. The number of phenolic OH excluding ortho intramolecular Hbond substituents is 1. The van der Waals surface area contributed by atoms with Crippen molar-refractivity contribution in [2.75, 3.05) is 6.54 Å². The van der Waals surface area contributed by atoms with Gasteiger partial charge in [0.2, 0.25) is 17.7 Å². The third kappa shape index (κ3) is 9.39. The summed E-state index contributed by atoms with van der Waals surface area (Å²) in [5.41, 5.74) is 4.65. The van der Waals surface area contributed by atoms with Crippen molar-refractivity contribution in [1.29, 1.82) is 0 Å². The predicted molar refractivity (Wildman–Crippen MR) is 137 cm³/mol. The molecule has 0 bridgehead atoms. The number of carbonyl (C=O) groups is 4. The minimum absolute atomic E-state index is 0.0516. The number of aryl methyl sites for hydroxylation is 1. The molecule has 4 amide bonds. The van der Waals surface area contributed by atoms with Gasteiger partial charge < -0.3 is 31.1 Å². The SMILES string of the molecule is CCCCNC(=O)C(c1ccc(O)c(C)c1)N(C(=O)C(CC(N)=O)NC(=O)OC(C)(C)C)C(C)(C)C. The smallest absolute Gasteiger partial charge is 0.408 e. The fourth-order valence-corrected chi connectivity index (χ4v) is 3.62. The number of hydrogen-bond donors (Lipinski definition) is 4. The molecule has 1 aromatic carbocycles. The zero-order valence-corrected chi connectivity index (χ0v) is 22.7. The number of ether oxygens (including phenoxy) is 1. The standard InChI is InChI=1S/C26H42N4O6/c1-9-10-13-28-22(33)21(17-11-12-19(31)16(2)14-17)30(25(3,4)5)23(34)18(15-20(27)32)29-24(35)36-26(6,7)8/h11-12,14,18,21,31H,9-10,13,15H2,1-8H3,(H2,27,32)(H,28,33)(H,29,35). The number of alkyl carbamates (subject to hydrolysis) is 1. The topological polar surface area (TPSA) is 151 Å². The van der Waals surface area contributed by atoms with Crippen LogP contribution in [0.2, 0.25) is 0 Å². The Hall–Kier alpha value is -3.30. The highest BCUT2D eigenvalue weighted by Gasteiger charge is 2.42. The molecule has 0 radical (unpaired) electrons. The molecule has 10 heteroatoms. The van der Waals surface area contributed by atoms with Crippen molar-refractivity contribution in [3.05, 3.63) is 29.3 Å². The molecular formula is C26H42N4O6. The van der Waals surface area contributed by atoms with Crippen molar-refractivity contribution in [2.24, 2.45) is 5.73 Å². The first-order valence-electron chi connectivity index (χ1n) is 12.2. The molecule has 0 aliphatic carbocycles. The first-order valence-corrected chi connectivity index (χ1v) is 12.2. The normalized spacial score (nSPS) is 13.3. The summed E-state index contributed by atoms with van der Waals surface area (Å²) in [7, 11) is 0. The molecule has 0 fully saturated rings. The Morgan fingerprint density at radius 3 is 2.19 bits per heavy atom. The number of carbonyl (C=O) groups excluding carboxylic acids is 4. The maximum absolute atomic E-state index is 13.9. The van der Waals surface area contributed by atoms with Crippen molar-refractivity contribution in [2.45, 2.75) is 97.9 Å². The fourth-order valence-electron chi connectivity index (χ4n) is 3.62. The number of benzene rings is 1. The van der Waals surface area contributed by atoms with Gasteiger partial charge in [0.05, 0.1) is 6.42 Å².